The smallest absolute Gasteiger partial charge is 0.0612 e. The van der Waals surface area contributed by atoms with E-state index >= 15 is 0 Å². The third-order valence-electron chi connectivity index (χ3n) is 1.05. The molecule has 0 aromatic heterocycles. The minimum Gasteiger partial charge on any atom is -0.396 e. The van der Waals surface area contributed by atoms with Crippen LogP contribution in [0.3, 0.4) is 0 Å². The molecule has 0 bridgehead atoms. The van der Waals surface area contributed by atoms with Gasteiger partial charge in [0.05, 0.1) is 6.61 Å². The van der Waals surface area contributed by atoms with Crippen molar-refractivity contribution in [3.05, 3.63) is 12.2 Å². The standard InChI is InChI=1S/C7H14O2/c8-6-4-2-1-3-5-7-9/h2,4,8-9H,1,3,5-7H2/b4-2+. The first-order valence-corrected chi connectivity index (χ1v) is 3.28. The summed E-state index contributed by atoms with van der Waals surface area (Å²) in [5.41, 5.74) is 0. The van der Waals surface area contributed by atoms with Crippen molar-refractivity contribution in [2.75, 3.05) is 13.2 Å². The Kier molecular flexibility index (Phi) is 7.37. The zero-order valence-electron chi connectivity index (χ0n) is 5.58. The van der Waals surface area contributed by atoms with Crippen molar-refractivity contribution >= 4 is 0 Å². The van der Waals surface area contributed by atoms with Crippen LogP contribution >= 0.6 is 0 Å². The quantitative estimate of drug-likeness (QED) is 0.425. The molecule has 2 heteroatoms. The van der Waals surface area contributed by atoms with E-state index in [4.69, 9.17) is 10.2 Å². The van der Waals surface area contributed by atoms with Gasteiger partial charge in [0.1, 0.15) is 0 Å². The van der Waals surface area contributed by atoms with Crippen LogP contribution in [-0.2, 0) is 0 Å². The lowest BCUT2D eigenvalue weighted by Crippen LogP contribution is -1.80. The van der Waals surface area contributed by atoms with Gasteiger partial charge in [0.2, 0.25) is 0 Å². The van der Waals surface area contributed by atoms with Gasteiger partial charge in [-0.25, -0.2) is 0 Å². The van der Waals surface area contributed by atoms with Crippen molar-refractivity contribution in [3.8, 4) is 0 Å². The van der Waals surface area contributed by atoms with Crippen molar-refractivity contribution in [1.82, 2.24) is 0 Å². The molecule has 2 nitrogen and oxygen atoms in total. The van der Waals surface area contributed by atoms with E-state index in [1.54, 1.807) is 6.08 Å². The minimum absolute atomic E-state index is 0.124. The molecule has 0 amide bonds. The van der Waals surface area contributed by atoms with Gasteiger partial charge in [-0.05, 0) is 19.3 Å². The average molecular weight is 130 g/mol. The Morgan fingerprint density at radius 1 is 1.00 bits per heavy atom. The van der Waals surface area contributed by atoms with Gasteiger partial charge in [-0.1, -0.05) is 12.2 Å². The van der Waals surface area contributed by atoms with Crippen LogP contribution < -0.4 is 0 Å². The second kappa shape index (κ2) is 7.66. The van der Waals surface area contributed by atoms with Gasteiger partial charge in [0.25, 0.3) is 0 Å². The maximum atomic E-state index is 8.35. The van der Waals surface area contributed by atoms with E-state index in [0.29, 0.717) is 0 Å². The Bertz CT molecular complexity index is 69.3. The molecular formula is C7H14O2. The summed E-state index contributed by atoms with van der Waals surface area (Å²) in [6, 6.07) is 0. The van der Waals surface area contributed by atoms with E-state index < -0.39 is 0 Å². The van der Waals surface area contributed by atoms with Crippen molar-refractivity contribution in [1.29, 1.82) is 0 Å². The number of hydrogen-bond donors (Lipinski definition) is 2. The highest BCUT2D eigenvalue weighted by molar-refractivity contribution is 4.80. The van der Waals surface area contributed by atoms with E-state index in [9.17, 15) is 0 Å². The molecule has 2 N–H and O–H groups in total. The lowest BCUT2D eigenvalue weighted by atomic mass is 10.2. The Morgan fingerprint density at radius 3 is 2.33 bits per heavy atom. The molecule has 0 unspecified atom stereocenters. The molecule has 0 aromatic rings. The molecule has 0 atom stereocenters. The zero-order valence-corrected chi connectivity index (χ0v) is 5.58. The molecule has 0 aromatic carbocycles. The minimum atomic E-state index is 0.124. The maximum Gasteiger partial charge on any atom is 0.0612 e. The SMILES string of the molecule is OC/C=C/CCCCO. The van der Waals surface area contributed by atoms with Gasteiger partial charge in [0.15, 0.2) is 0 Å². The van der Waals surface area contributed by atoms with Crippen molar-refractivity contribution in [3.63, 3.8) is 0 Å². The number of allylic oxidation sites excluding steroid dienone is 1. The van der Waals surface area contributed by atoms with E-state index in [-0.39, 0.29) is 13.2 Å². The molecule has 0 fully saturated rings. The maximum absolute atomic E-state index is 8.35. The molecule has 54 valence electrons. The summed E-state index contributed by atoms with van der Waals surface area (Å²) in [5.74, 6) is 0. The van der Waals surface area contributed by atoms with Crippen LogP contribution in [0.2, 0.25) is 0 Å². The fourth-order valence-corrected chi connectivity index (χ4v) is 0.566. The van der Waals surface area contributed by atoms with Crippen LogP contribution in [0.1, 0.15) is 19.3 Å². The Morgan fingerprint density at radius 2 is 1.78 bits per heavy atom. The van der Waals surface area contributed by atoms with Crippen molar-refractivity contribution in [2.45, 2.75) is 19.3 Å². The molecule has 0 aliphatic rings. The average Bonchev–Trinajstić information content (AvgIpc) is 1.89. The lowest BCUT2D eigenvalue weighted by Gasteiger charge is -1.89. The van der Waals surface area contributed by atoms with Crippen LogP contribution in [0.25, 0.3) is 0 Å². The highest BCUT2D eigenvalue weighted by Crippen LogP contribution is 1.94. The van der Waals surface area contributed by atoms with Crippen LogP contribution in [0, 0.1) is 0 Å². The first-order chi connectivity index (χ1) is 4.41. The first-order valence-electron chi connectivity index (χ1n) is 3.28. The van der Waals surface area contributed by atoms with Crippen LogP contribution in [0.15, 0.2) is 12.2 Å². The topological polar surface area (TPSA) is 40.5 Å². The van der Waals surface area contributed by atoms with Gasteiger partial charge in [-0.2, -0.15) is 0 Å². The molecule has 0 aliphatic carbocycles. The molecule has 0 saturated heterocycles. The Labute approximate surface area is 55.8 Å². The second-order valence-electron chi connectivity index (χ2n) is 1.87. The summed E-state index contributed by atoms with van der Waals surface area (Å²) in [4.78, 5) is 0. The molecular weight excluding hydrogens is 116 g/mol. The van der Waals surface area contributed by atoms with Gasteiger partial charge in [-0.3, -0.25) is 0 Å². The third kappa shape index (κ3) is 7.66. The Balaban J connectivity index is 2.82. The zero-order chi connectivity index (χ0) is 6.95. The molecule has 0 radical (unpaired) electrons. The van der Waals surface area contributed by atoms with Crippen molar-refractivity contribution < 1.29 is 10.2 Å². The number of hydrogen-bond acceptors (Lipinski definition) is 2. The van der Waals surface area contributed by atoms with Gasteiger partial charge in [0, 0.05) is 6.61 Å². The van der Waals surface area contributed by atoms with Gasteiger partial charge >= 0.3 is 0 Å². The van der Waals surface area contributed by atoms with Gasteiger partial charge < -0.3 is 10.2 Å². The van der Waals surface area contributed by atoms with Crippen molar-refractivity contribution in [2.24, 2.45) is 0 Å². The predicted molar refractivity (Wildman–Crippen MR) is 37.2 cm³/mol. The van der Waals surface area contributed by atoms with Crippen LogP contribution in [-0.4, -0.2) is 23.4 Å². The summed E-state index contributed by atoms with van der Waals surface area (Å²) < 4.78 is 0. The fourth-order valence-electron chi connectivity index (χ4n) is 0.566. The summed E-state index contributed by atoms with van der Waals surface area (Å²) in [6.07, 6.45) is 6.47. The summed E-state index contributed by atoms with van der Waals surface area (Å²) >= 11 is 0. The Hall–Kier alpha value is -0.340. The molecule has 0 saturated carbocycles. The fraction of sp³-hybridized carbons (Fsp3) is 0.714. The first kappa shape index (κ1) is 8.66. The number of aliphatic hydroxyl groups is 2. The van der Waals surface area contributed by atoms with Crippen LogP contribution in [0.4, 0.5) is 0 Å². The highest BCUT2D eigenvalue weighted by Gasteiger charge is 1.80. The largest absolute Gasteiger partial charge is 0.396 e. The summed E-state index contributed by atoms with van der Waals surface area (Å²) in [7, 11) is 0. The van der Waals surface area contributed by atoms with E-state index in [2.05, 4.69) is 0 Å². The summed E-state index contributed by atoms with van der Waals surface area (Å²) in [5, 5.41) is 16.6. The monoisotopic (exact) mass is 130 g/mol. The second-order valence-corrected chi connectivity index (χ2v) is 1.87. The number of unbranched alkanes of at least 4 members (excludes halogenated alkanes) is 2. The third-order valence-corrected chi connectivity index (χ3v) is 1.05. The van der Waals surface area contributed by atoms with Crippen LogP contribution in [0.5, 0.6) is 0 Å². The van der Waals surface area contributed by atoms with Gasteiger partial charge in [-0.15, -0.1) is 0 Å². The molecule has 9 heavy (non-hydrogen) atoms. The number of rotatable bonds is 5. The normalized spacial score (nSPS) is 10.9. The number of aliphatic hydroxyl groups excluding tert-OH is 2. The highest BCUT2D eigenvalue weighted by atomic mass is 16.3. The molecule has 0 rings (SSSR count). The van der Waals surface area contributed by atoms with E-state index in [0.717, 1.165) is 19.3 Å². The predicted octanol–water partition coefficient (Wildman–Crippen LogP) is 0.698. The lowest BCUT2D eigenvalue weighted by molar-refractivity contribution is 0.285. The molecule has 0 heterocycles. The van der Waals surface area contributed by atoms with E-state index in [1.165, 1.54) is 0 Å². The van der Waals surface area contributed by atoms with E-state index in [1.807, 2.05) is 6.08 Å². The molecule has 0 aliphatic heterocycles. The molecule has 0 spiro atoms. The summed E-state index contributed by atoms with van der Waals surface area (Å²) in [6.45, 7) is 0.395.